The summed E-state index contributed by atoms with van der Waals surface area (Å²) in [5, 5.41) is 8.69. The highest BCUT2D eigenvalue weighted by Crippen LogP contribution is 2.32. The molecule has 8 rings (SSSR count). The zero-order chi connectivity index (χ0) is 29.9. The van der Waals surface area contributed by atoms with E-state index in [1.54, 1.807) is 52.6 Å². The second-order valence-electron chi connectivity index (χ2n) is 10.1. The van der Waals surface area contributed by atoms with Gasteiger partial charge in [0.1, 0.15) is 22.9 Å². The molecule has 0 aromatic carbocycles. The molecule has 0 saturated heterocycles. The van der Waals surface area contributed by atoms with Crippen molar-refractivity contribution in [1.29, 1.82) is 0 Å². The van der Waals surface area contributed by atoms with Crippen LogP contribution in [0.2, 0.25) is 0 Å². The summed E-state index contributed by atoms with van der Waals surface area (Å²) in [6.45, 7) is 5.17. The van der Waals surface area contributed by atoms with Crippen LogP contribution in [0.25, 0.3) is 39.5 Å². The second kappa shape index (κ2) is 11.7. The van der Waals surface area contributed by atoms with Gasteiger partial charge in [0, 0.05) is 48.8 Å². The maximum Gasteiger partial charge on any atom is 0.188 e. The predicted molar refractivity (Wildman–Crippen MR) is 163 cm³/mol. The Balaban J connectivity index is 0.000000142. The molecule has 11 nitrogen and oxygen atoms in total. The van der Waals surface area contributed by atoms with Crippen molar-refractivity contribution in [3.8, 4) is 45.4 Å². The number of nitrogens with zero attached hydrogens (tertiary/aromatic N) is 8. The number of Topliss-reactive ketones (excluding diaryl/α,β-unsaturated/α-hetero) is 1. The van der Waals surface area contributed by atoms with Gasteiger partial charge in [-0.25, -0.2) is 19.3 Å². The van der Waals surface area contributed by atoms with Gasteiger partial charge < -0.3 is 9.47 Å². The minimum atomic E-state index is 0.0164. The molecule has 0 atom stereocenters. The fraction of sp³-hybridized carbons (Fsp3) is 0.121. The van der Waals surface area contributed by atoms with Crippen LogP contribution in [-0.2, 0) is 0 Å². The van der Waals surface area contributed by atoms with E-state index in [2.05, 4.69) is 36.7 Å². The lowest BCUT2D eigenvalue weighted by molar-refractivity contribution is 0.0927. The van der Waals surface area contributed by atoms with E-state index in [1.165, 1.54) is 0 Å². The van der Waals surface area contributed by atoms with Gasteiger partial charge in [0.2, 0.25) is 0 Å². The second-order valence-corrected chi connectivity index (χ2v) is 10.1. The Morgan fingerprint density at radius 2 is 1.20 bits per heavy atom. The lowest BCUT2D eigenvalue weighted by Crippen LogP contribution is -2.17. The zero-order valence-electron chi connectivity index (χ0n) is 23.6. The third-order valence-corrected chi connectivity index (χ3v) is 7.14. The molecule has 2 aliphatic heterocycles. The van der Waals surface area contributed by atoms with Gasteiger partial charge in [-0.1, -0.05) is 6.58 Å². The molecule has 0 aliphatic carbocycles. The van der Waals surface area contributed by atoms with Crippen LogP contribution in [0.3, 0.4) is 0 Å². The Morgan fingerprint density at radius 1 is 0.659 bits per heavy atom. The molecule has 0 spiro atoms. The number of aromatic nitrogens is 8. The predicted octanol–water partition coefficient (Wildman–Crippen LogP) is 5.42. The van der Waals surface area contributed by atoms with Gasteiger partial charge in [-0.05, 0) is 54.1 Å². The Hall–Kier alpha value is -5.97. The van der Waals surface area contributed by atoms with E-state index >= 15 is 0 Å². The Morgan fingerprint density at radius 3 is 1.77 bits per heavy atom. The standard InChI is InChI=1S/C17H14N4O.C16H12N4O2/c1-12-6-8-22-16-5-4-15(20-17(12)16)13-9-19-21(11-13)14-3-2-7-18-10-14;21-14-5-7-22-15-4-3-13(19-16(14)15)11-8-18-20(10-11)12-2-1-6-17-9-12/h2-5,7,9-11H,1,6,8H2;1-4,6,8-10H,5,7H2. The first-order valence-corrected chi connectivity index (χ1v) is 14.0. The molecule has 0 amide bonds. The molecule has 44 heavy (non-hydrogen) atoms. The molecule has 8 heterocycles. The molecule has 0 fully saturated rings. The maximum atomic E-state index is 11.9. The summed E-state index contributed by atoms with van der Waals surface area (Å²) in [5.74, 6) is 1.38. The normalized spacial score (nSPS) is 13.5. The van der Waals surface area contributed by atoms with Crippen molar-refractivity contribution in [2.45, 2.75) is 12.8 Å². The van der Waals surface area contributed by atoms with Gasteiger partial charge in [0.25, 0.3) is 0 Å². The van der Waals surface area contributed by atoms with E-state index in [-0.39, 0.29) is 5.78 Å². The number of hydrogen-bond donors (Lipinski definition) is 0. The van der Waals surface area contributed by atoms with Crippen molar-refractivity contribution in [2.24, 2.45) is 0 Å². The number of ether oxygens (including phenoxy) is 2. The van der Waals surface area contributed by atoms with Gasteiger partial charge >= 0.3 is 0 Å². The highest BCUT2D eigenvalue weighted by Gasteiger charge is 2.21. The van der Waals surface area contributed by atoms with Crippen molar-refractivity contribution in [2.75, 3.05) is 13.2 Å². The van der Waals surface area contributed by atoms with E-state index in [4.69, 9.17) is 9.47 Å². The van der Waals surface area contributed by atoms with E-state index < -0.39 is 0 Å². The third kappa shape index (κ3) is 5.45. The first-order valence-electron chi connectivity index (χ1n) is 14.0. The molecule has 0 radical (unpaired) electrons. The average molecular weight is 583 g/mol. The van der Waals surface area contributed by atoms with Crippen molar-refractivity contribution < 1.29 is 14.3 Å². The molecule has 0 bridgehead atoms. The lowest BCUT2D eigenvalue weighted by Gasteiger charge is -2.18. The third-order valence-electron chi connectivity index (χ3n) is 7.14. The summed E-state index contributed by atoms with van der Waals surface area (Å²) in [6, 6.07) is 15.1. The highest BCUT2D eigenvalue weighted by atomic mass is 16.5. The number of hydrogen-bond acceptors (Lipinski definition) is 9. The monoisotopic (exact) mass is 582 g/mol. The van der Waals surface area contributed by atoms with Gasteiger partial charge in [-0.2, -0.15) is 10.2 Å². The van der Waals surface area contributed by atoms with Gasteiger partial charge in [-0.15, -0.1) is 0 Å². The minimum absolute atomic E-state index is 0.0164. The molecule has 0 N–H and O–H groups in total. The Bertz CT molecular complexity index is 1820. The summed E-state index contributed by atoms with van der Waals surface area (Å²) in [5.41, 5.74) is 7.40. The summed E-state index contributed by atoms with van der Waals surface area (Å²) in [6.07, 6.45) is 15.5. The summed E-state index contributed by atoms with van der Waals surface area (Å²) >= 11 is 0. The molecule has 11 heteroatoms. The number of rotatable bonds is 4. The molecular formula is C33H26N8O3. The molecule has 0 unspecified atom stereocenters. The zero-order valence-corrected chi connectivity index (χ0v) is 23.6. The van der Waals surface area contributed by atoms with Crippen molar-refractivity contribution in [3.63, 3.8) is 0 Å². The van der Waals surface area contributed by atoms with Gasteiger partial charge in [0.05, 0.1) is 60.8 Å². The molecule has 6 aromatic heterocycles. The number of carbonyl (C=O) groups excluding carboxylic acids is 1. The van der Waals surface area contributed by atoms with E-state index in [0.717, 1.165) is 51.6 Å². The SMILES string of the molecule is C=C1CCOc2ccc(-c3cnn(-c4cccnc4)c3)nc21.O=C1CCOc2ccc(-c3cnn(-c4cccnc4)c3)nc21. The number of ketones is 1. The van der Waals surface area contributed by atoms with Crippen molar-refractivity contribution in [3.05, 3.63) is 116 Å². The molecule has 2 aliphatic rings. The van der Waals surface area contributed by atoms with Crippen LogP contribution in [0.5, 0.6) is 11.5 Å². The average Bonchev–Trinajstić information content (AvgIpc) is 3.78. The molecule has 0 saturated carbocycles. The molecular weight excluding hydrogens is 556 g/mol. The van der Waals surface area contributed by atoms with Crippen LogP contribution in [-0.4, -0.2) is 58.5 Å². The smallest absolute Gasteiger partial charge is 0.188 e. The topological polar surface area (TPSA) is 123 Å². The molecule has 6 aromatic rings. The van der Waals surface area contributed by atoms with Gasteiger partial charge in [-0.3, -0.25) is 14.8 Å². The Kier molecular flexibility index (Phi) is 7.17. The fourth-order valence-corrected chi connectivity index (χ4v) is 4.85. The molecule has 216 valence electrons. The van der Waals surface area contributed by atoms with Crippen molar-refractivity contribution in [1.82, 2.24) is 39.5 Å². The van der Waals surface area contributed by atoms with Crippen LogP contribution in [0.15, 0.2) is 105 Å². The van der Waals surface area contributed by atoms with Crippen LogP contribution in [0.4, 0.5) is 0 Å². The van der Waals surface area contributed by atoms with Gasteiger partial charge in [0.15, 0.2) is 5.78 Å². The van der Waals surface area contributed by atoms with Crippen molar-refractivity contribution >= 4 is 11.4 Å². The lowest BCUT2D eigenvalue weighted by atomic mass is 10.1. The van der Waals surface area contributed by atoms with Crippen LogP contribution in [0.1, 0.15) is 29.0 Å². The maximum absolute atomic E-state index is 11.9. The quantitative estimate of drug-likeness (QED) is 0.268. The Labute approximate surface area is 252 Å². The van der Waals surface area contributed by atoms with E-state index in [1.807, 2.05) is 54.9 Å². The summed E-state index contributed by atoms with van der Waals surface area (Å²) < 4.78 is 14.6. The number of fused-ring (bicyclic) bond motifs is 2. The van der Waals surface area contributed by atoms with Crippen LogP contribution < -0.4 is 9.47 Å². The first kappa shape index (κ1) is 26.9. The van der Waals surface area contributed by atoms with Crippen LogP contribution >= 0.6 is 0 Å². The van der Waals surface area contributed by atoms with Crippen LogP contribution in [0, 0.1) is 0 Å². The largest absolute Gasteiger partial charge is 0.491 e. The number of carbonyl (C=O) groups is 1. The summed E-state index contributed by atoms with van der Waals surface area (Å²) in [4.78, 5) is 29.2. The number of pyridine rings is 4. The van der Waals surface area contributed by atoms with E-state index in [0.29, 0.717) is 36.8 Å². The highest BCUT2D eigenvalue weighted by molar-refractivity contribution is 5.98. The fourth-order valence-electron chi connectivity index (χ4n) is 4.85. The minimum Gasteiger partial charge on any atom is -0.491 e. The summed E-state index contributed by atoms with van der Waals surface area (Å²) in [7, 11) is 0. The van der Waals surface area contributed by atoms with E-state index in [9.17, 15) is 4.79 Å². The first-order chi connectivity index (χ1) is 21.6.